The van der Waals surface area contributed by atoms with Crippen molar-refractivity contribution in [3.63, 3.8) is 0 Å². The Morgan fingerprint density at radius 2 is 1.92 bits per heavy atom. The van der Waals surface area contributed by atoms with Crippen LogP contribution < -0.4 is 3.58 Å². The van der Waals surface area contributed by atoms with Crippen molar-refractivity contribution in [1.82, 2.24) is 4.90 Å². The Balaban J connectivity index is 1.88. The fraction of sp³-hybridized carbons (Fsp3) is 0.667. The van der Waals surface area contributed by atoms with Gasteiger partial charge in [0, 0.05) is 0 Å². The van der Waals surface area contributed by atoms with Crippen molar-refractivity contribution >= 4 is 27.9 Å². The Hall–Kier alpha value is -0.621. The van der Waals surface area contributed by atoms with Gasteiger partial charge in [-0.1, -0.05) is 0 Å². The van der Waals surface area contributed by atoms with Crippen LogP contribution in [0.1, 0.15) is 37.2 Å². The quantitative estimate of drug-likeness (QED) is 0.472. The van der Waals surface area contributed by atoms with Gasteiger partial charge in [-0.25, -0.2) is 0 Å². The van der Waals surface area contributed by atoms with Gasteiger partial charge in [0.2, 0.25) is 0 Å². The van der Waals surface area contributed by atoms with Crippen LogP contribution in [0.25, 0.3) is 0 Å². The molecule has 0 radical (unpaired) electrons. The van der Waals surface area contributed by atoms with E-state index in [4.69, 9.17) is 4.74 Å². The van der Waals surface area contributed by atoms with Crippen molar-refractivity contribution in [2.45, 2.75) is 58.5 Å². The third-order valence-electron chi connectivity index (χ3n) is 6.29. The van der Waals surface area contributed by atoms with Crippen molar-refractivity contribution in [2.24, 2.45) is 5.92 Å². The number of piperidine rings is 1. The van der Waals surface area contributed by atoms with E-state index < -0.39 is 18.4 Å². The topological polar surface area (TPSA) is 29.5 Å². The van der Waals surface area contributed by atoms with Gasteiger partial charge >= 0.3 is 161 Å². The van der Waals surface area contributed by atoms with Crippen LogP contribution in [0.5, 0.6) is 0 Å². The number of hydrogen-bond donors (Lipinski definition) is 0. The number of ether oxygens (including phenoxy) is 1. The Bertz CT molecular complexity index is 628. The first-order valence-electron chi connectivity index (χ1n) is 9.86. The molecule has 3 rings (SSSR count). The summed E-state index contributed by atoms with van der Waals surface area (Å²) in [6, 6.07) is 9.73. The molecule has 2 fully saturated rings. The molecular weight excluding hydrogens is 436 g/mol. The molecule has 2 aliphatic heterocycles. The fourth-order valence-electron chi connectivity index (χ4n) is 4.93. The molecular formula is C21H32FNO2Sn. The Labute approximate surface area is 161 Å². The molecule has 144 valence electrons. The van der Waals surface area contributed by atoms with Crippen LogP contribution in [-0.4, -0.2) is 61.7 Å². The molecule has 0 amide bonds. The second-order valence-corrected chi connectivity index (χ2v) is 23.3. The van der Waals surface area contributed by atoms with Crippen LogP contribution >= 0.6 is 0 Å². The summed E-state index contributed by atoms with van der Waals surface area (Å²) >= 11 is -2.07. The van der Waals surface area contributed by atoms with Crippen LogP contribution in [0.3, 0.4) is 0 Å². The van der Waals surface area contributed by atoms with Crippen molar-refractivity contribution in [2.75, 3.05) is 20.3 Å². The summed E-state index contributed by atoms with van der Waals surface area (Å²) in [7, 11) is 1.49. The number of carbonyl (C=O) groups excluding carboxylic acids is 1. The van der Waals surface area contributed by atoms with Crippen LogP contribution in [0.4, 0.5) is 4.39 Å². The molecule has 2 bridgehead atoms. The average molecular weight is 468 g/mol. The van der Waals surface area contributed by atoms with E-state index in [1.54, 1.807) is 0 Å². The number of halogens is 1. The first kappa shape index (κ1) is 20.1. The van der Waals surface area contributed by atoms with Crippen LogP contribution in [0.15, 0.2) is 24.3 Å². The molecule has 2 aliphatic rings. The molecule has 1 aromatic carbocycles. The predicted octanol–water partition coefficient (Wildman–Crippen LogP) is 3.70. The summed E-state index contributed by atoms with van der Waals surface area (Å²) < 4.78 is 19.4. The van der Waals surface area contributed by atoms with E-state index in [9.17, 15) is 9.18 Å². The number of carbonyl (C=O) groups is 1. The first-order chi connectivity index (χ1) is 12.4. The van der Waals surface area contributed by atoms with Gasteiger partial charge in [0.15, 0.2) is 0 Å². The molecule has 0 aromatic heterocycles. The minimum atomic E-state index is -2.07. The van der Waals surface area contributed by atoms with Gasteiger partial charge in [-0.05, 0) is 0 Å². The molecule has 5 heteroatoms. The van der Waals surface area contributed by atoms with E-state index in [2.05, 4.69) is 44.0 Å². The maximum atomic E-state index is 12.7. The zero-order chi connectivity index (χ0) is 18.9. The van der Waals surface area contributed by atoms with E-state index >= 15 is 0 Å². The molecule has 4 atom stereocenters. The third-order valence-corrected chi connectivity index (χ3v) is 12.2. The average Bonchev–Trinajstić information content (AvgIpc) is 2.89. The standard InChI is InChI=1S/C18H23FNO2.3CH3.Sn/c1-22-18(21)17-15(13-6-3-2-4-7-13)12-14-8-9-16(17)20(14)11-5-10-19;;;;/h3-4,6-7,14-17H,5,8-12H2,1H3;3*1H3;. The second kappa shape index (κ2) is 8.17. The number of nitrogens with zero attached hydrogens (tertiary/aromatic N) is 1. The summed E-state index contributed by atoms with van der Waals surface area (Å²) in [4.78, 5) is 22.3. The number of rotatable bonds is 6. The van der Waals surface area contributed by atoms with E-state index in [1.807, 2.05) is 0 Å². The Morgan fingerprint density at radius 3 is 2.50 bits per heavy atom. The second-order valence-electron chi connectivity index (χ2n) is 8.84. The van der Waals surface area contributed by atoms with Crippen molar-refractivity contribution in [3.8, 4) is 0 Å². The number of benzene rings is 1. The zero-order valence-corrected chi connectivity index (χ0v) is 19.4. The summed E-state index contributed by atoms with van der Waals surface area (Å²) in [6.45, 7) is 0.464. The number of fused-ring (bicyclic) bond motifs is 2. The fourth-order valence-corrected chi connectivity index (χ4v) is 8.26. The molecule has 0 spiro atoms. The van der Waals surface area contributed by atoms with Crippen LogP contribution in [-0.2, 0) is 9.53 Å². The summed E-state index contributed by atoms with van der Waals surface area (Å²) in [6.07, 6.45) is 3.65. The van der Waals surface area contributed by atoms with E-state index in [-0.39, 0.29) is 30.5 Å². The van der Waals surface area contributed by atoms with Gasteiger partial charge in [-0.2, -0.15) is 0 Å². The Kier molecular flexibility index (Phi) is 6.32. The maximum absolute atomic E-state index is 12.7. The number of esters is 1. The molecule has 0 N–H and O–H groups in total. The van der Waals surface area contributed by atoms with Crippen LogP contribution in [0, 0.1) is 5.92 Å². The molecule has 3 nitrogen and oxygen atoms in total. The number of hydrogen-bond acceptors (Lipinski definition) is 3. The van der Waals surface area contributed by atoms with Gasteiger partial charge in [-0.15, -0.1) is 0 Å². The molecule has 2 heterocycles. The van der Waals surface area contributed by atoms with Gasteiger partial charge in [0.1, 0.15) is 0 Å². The predicted molar refractivity (Wildman–Crippen MR) is 106 cm³/mol. The summed E-state index contributed by atoms with van der Waals surface area (Å²) in [5, 5.41) is 0. The molecule has 26 heavy (non-hydrogen) atoms. The van der Waals surface area contributed by atoms with Gasteiger partial charge < -0.3 is 0 Å². The molecule has 0 aliphatic carbocycles. The molecule has 1 aromatic rings. The summed E-state index contributed by atoms with van der Waals surface area (Å²) in [5.74, 6) is -0.0298. The monoisotopic (exact) mass is 469 g/mol. The molecule has 0 saturated carbocycles. The van der Waals surface area contributed by atoms with Gasteiger partial charge in [0.05, 0.1) is 0 Å². The van der Waals surface area contributed by atoms with Crippen molar-refractivity contribution in [3.05, 3.63) is 29.8 Å². The van der Waals surface area contributed by atoms with Gasteiger partial charge in [-0.3, -0.25) is 0 Å². The van der Waals surface area contributed by atoms with E-state index in [0.29, 0.717) is 12.5 Å². The normalized spacial score (nSPS) is 29.0. The molecule has 2 saturated heterocycles. The minimum absolute atomic E-state index is 0.107. The summed E-state index contributed by atoms with van der Waals surface area (Å²) in [5.41, 5.74) is 1.27. The number of alkyl halides is 1. The van der Waals surface area contributed by atoms with Gasteiger partial charge in [0.25, 0.3) is 0 Å². The van der Waals surface area contributed by atoms with Crippen LogP contribution in [0.2, 0.25) is 14.8 Å². The molecule has 4 unspecified atom stereocenters. The van der Waals surface area contributed by atoms with E-state index in [0.717, 1.165) is 25.8 Å². The first-order valence-corrected chi connectivity index (χ1v) is 19.9. The van der Waals surface area contributed by atoms with E-state index in [1.165, 1.54) is 16.3 Å². The zero-order valence-electron chi connectivity index (χ0n) is 16.5. The van der Waals surface area contributed by atoms with Crippen molar-refractivity contribution in [1.29, 1.82) is 0 Å². The Morgan fingerprint density at radius 1 is 1.23 bits per heavy atom. The SMILES string of the molecule is COC(=O)C1C(c2cc[c]([Sn]([CH3])([CH3])[CH3])cc2)CC2CCC1N2CCCF. The van der Waals surface area contributed by atoms with Crippen molar-refractivity contribution < 1.29 is 13.9 Å². The number of methoxy groups -OCH3 is 1. The third kappa shape index (κ3) is 3.96.